The SMILES string of the molecule is CN1CCC(F)CC1c1ccccc1O. The van der Waals surface area contributed by atoms with E-state index in [1.54, 1.807) is 12.1 Å². The van der Waals surface area contributed by atoms with Crippen LogP contribution >= 0.6 is 0 Å². The molecule has 2 nitrogen and oxygen atoms in total. The molecule has 2 unspecified atom stereocenters. The number of alkyl halides is 1. The summed E-state index contributed by atoms with van der Waals surface area (Å²) in [6.45, 7) is 0.750. The molecule has 0 radical (unpaired) electrons. The van der Waals surface area contributed by atoms with Gasteiger partial charge in [0.15, 0.2) is 0 Å². The van der Waals surface area contributed by atoms with Gasteiger partial charge in [0.2, 0.25) is 0 Å². The van der Waals surface area contributed by atoms with Crippen molar-refractivity contribution >= 4 is 0 Å². The molecule has 0 aromatic heterocycles. The smallest absolute Gasteiger partial charge is 0.120 e. The average Bonchev–Trinajstić information content (AvgIpc) is 2.23. The Balaban J connectivity index is 2.25. The van der Waals surface area contributed by atoms with E-state index < -0.39 is 6.17 Å². The van der Waals surface area contributed by atoms with E-state index in [1.807, 2.05) is 19.2 Å². The number of hydrogen-bond donors (Lipinski definition) is 1. The maximum atomic E-state index is 13.3. The topological polar surface area (TPSA) is 23.5 Å². The molecule has 82 valence electrons. The van der Waals surface area contributed by atoms with Gasteiger partial charge in [-0.3, -0.25) is 4.90 Å². The van der Waals surface area contributed by atoms with Crippen LogP contribution in [0.1, 0.15) is 24.4 Å². The molecule has 0 spiro atoms. The molecule has 1 heterocycles. The number of phenols is 1. The lowest BCUT2D eigenvalue weighted by molar-refractivity contribution is 0.112. The molecule has 1 aliphatic rings. The number of likely N-dealkylation sites (tertiary alicyclic amines) is 1. The molecule has 0 bridgehead atoms. The van der Waals surface area contributed by atoms with Crippen molar-refractivity contribution in [3.05, 3.63) is 29.8 Å². The van der Waals surface area contributed by atoms with Gasteiger partial charge in [-0.05, 0) is 26.0 Å². The van der Waals surface area contributed by atoms with Crippen LogP contribution in [-0.2, 0) is 0 Å². The first-order chi connectivity index (χ1) is 7.18. The zero-order valence-corrected chi connectivity index (χ0v) is 8.86. The predicted octanol–water partition coefficient (Wildman–Crippen LogP) is 2.50. The number of halogens is 1. The van der Waals surface area contributed by atoms with E-state index in [0.29, 0.717) is 12.8 Å². The summed E-state index contributed by atoms with van der Waals surface area (Å²) in [5, 5.41) is 9.72. The molecule has 0 aliphatic carbocycles. The maximum absolute atomic E-state index is 13.3. The largest absolute Gasteiger partial charge is 0.508 e. The van der Waals surface area contributed by atoms with Gasteiger partial charge in [0, 0.05) is 18.2 Å². The molecule has 0 amide bonds. The normalized spacial score (nSPS) is 27.9. The molecule has 2 atom stereocenters. The third-order valence-corrected chi connectivity index (χ3v) is 3.10. The Kier molecular flexibility index (Phi) is 2.91. The first-order valence-electron chi connectivity index (χ1n) is 5.30. The molecule has 1 aromatic carbocycles. The third-order valence-electron chi connectivity index (χ3n) is 3.10. The predicted molar refractivity (Wildman–Crippen MR) is 57.6 cm³/mol. The van der Waals surface area contributed by atoms with Crippen molar-refractivity contribution in [3.63, 3.8) is 0 Å². The van der Waals surface area contributed by atoms with Gasteiger partial charge in [-0.2, -0.15) is 0 Å². The third kappa shape index (κ3) is 2.12. The van der Waals surface area contributed by atoms with E-state index in [1.165, 1.54) is 0 Å². The fourth-order valence-electron chi connectivity index (χ4n) is 2.17. The van der Waals surface area contributed by atoms with Crippen molar-refractivity contribution in [2.75, 3.05) is 13.6 Å². The van der Waals surface area contributed by atoms with Crippen LogP contribution < -0.4 is 0 Å². The molecule has 3 heteroatoms. The quantitative estimate of drug-likeness (QED) is 0.768. The Hall–Kier alpha value is -1.09. The number of hydrogen-bond acceptors (Lipinski definition) is 2. The summed E-state index contributed by atoms with van der Waals surface area (Å²) in [6, 6.07) is 7.20. The number of benzene rings is 1. The summed E-state index contributed by atoms with van der Waals surface area (Å²) in [7, 11) is 1.98. The lowest BCUT2D eigenvalue weighted by Crippen LogP contribution is -2.34. The van der Waals surface area contributed by atoms with Crippen molar-refractivity contribution < 1.29 is 9.50 Å². The number of para-hydroxylation sites is 1. The van der Waals surface area contributed by atoms with E-state index in [0.717, 1.165) is 12.1 Å². The summed E-state index contributed by atoms with van der Waals surface area (Å²) in [5.41, 5.74) is 0.836. The summed E-state index contributed by atoms with van der Waals surface area (Å²) >= 11 is 0. The van der Waals surface area contributed by atoms with Crippen LogP contribution in [0, 0.1) is 0 Å². The molecule has 15 heavy (non-hydrogen) atoms. The van der Waals surface area contributed by atoms with E-state index in [4.69, 9.17) is 0 Å². The van der Waals surface area contributed by atoms with Crippen LogP contribution in [0.25, 0.3) is 0 Å². The second-order valence-corrected chi connectivity index (χ2v) is 4.18. The fraction of sp³-hybridized carbons (Fsp3) is 0.500. The van der Waals surface area contributed by atoms with Crippen molar-refractivity contribution in [1.29, 1.82) is 0 Å². The molecular weight excluding hydrogens is 193 g/mol. The van der Waals surface area contributed by atoms with Crippen molar-refractivity contribution in [1.82, 2.24) is 4.90 Å². The summed E-state index contributed by atoms with van der Waals surface area (Å²) < 4.78 is 13.3. The summed E-state index contributed by atoms with van der Waals surface area (Å²) in [5.74, 6) is 0.267. The Morgan fingerprint density at radius 2 is 2.13 bits per heavy atom. The minimum Gasteiger partial charge on any atom is -0.508 e. The van der Waals surface area contributed by atoms with E-state index in [9.17, 15) is 9.50 Å². The van der Waals surface area contributed by atoms with Crippen molar-refractivity contribution in [3.8, 4) is 5.75 Å². The lowest BCUT2D eigenvalue weighted by atomic mass is 9.94. The second-order valence-electron chi connectivity index (χ2n) is 4.18. The average molecular weight is 209 g/mol. The minimum absolute atomic E-state index is 0.00921. The van der Waals surface area contributed by atoms with E-state index in [2.05, 4.69) is 4.90 Å². The summed E-state index contributed by atoms with van der Waals surface area (Å²) in [4.78, 5) is 2.10. The van der Waals surface area contributed by atoms with Crippen LogP contribution in [0.4, 0.5) is 4.39 Å². The molecule has 0 saturated carbocycles. The molecule has 1 aliphatic heterocycles. The Morgan fingerprint density at radius 3 is 2.87 bits per heavy atom. The highest BCUT2D eigenvalue weighted by Crippen LogP contribution is 2.35. The zero-order chi connectivity index (χ0) is 10.8. The summed E-state index contributed by atoms with van der Waals surface area (Å²) in [6.07, 6.45) is 0.333. The van der Waals surface area contributed by atoms with Gasteiger partial charge in [-0.25, -0.2) is 4.39 Å². The first kappa shape index (κ1) is 10.4. The molecule has 1 aromatic rings. The standard InChI is InChI=1S/C12H16FNO/c1-14-7-6-9(13)8-11(14)10-4-2-3-5-12(10)15/h2-5,9,11,15H,6-8H2,1H3. The highest BCUT2D eigenvalue weighted by molar-refractivity contribution is 5.34. The van der Waals surface area contributed by atoms with Crippen molar-refractivity contribution in [2.24, 2.45) is 0 Å². The Morgan fingerprint density at radius 1 is 1.40 bits per heavy atom. The highest BCUT2D eigenvalue weighted by atomic mass is 19.1. The number of aromatic hydroxyl groups is 1. The van der Waals surface area contributed by atoms with E-state index >= 15 is 0 Å². The first-order valence-corrected chi connectivity index (χ1v) is 5.30. The van der Waals surface area contributed by atoms with Gasteiger partial charge >= 0.3 is 0 Å². The molecule has 1 N–H and O–H groups in total. The van der Waals surface area contributed by atoms with Crippen LogP contribution in [0.3, 0.4) is 0 Å². The van der Waals surface area contributed by atoms with E-state index in [-0.39, 0.29) is 11.8 Å². The number of piperidine rings is 1. The number of rotatable bonds is 1. The number of nitrogens with zero attached hydrogens (tertiary/aromatic N) is 1. The van der Waals surface area contributed by atoms with Crippen molar-refractivity contribution in [2.45, 2.75) is 25.1 Å². The van der Waals surface area contributed by atoms with Gasteiger partial charge in [-0.15, -0.1) is 0 Å². The number of phenolic OH excluding ortho intramolecular Hbond substituents is 1. The van der Waals surface area contributed by atoms with Crippen LogP contribution in [0.2, 0.25) is 0 Å². The highest BCUT2D eigenvalue weighted by Gasteiger charge is 2.28. The Bertz CT molecular complexity index is 342. The molecular formula is C12H16FNO. The fourth-order valence-corrected chi connectivity index (χ4v) is 2.17. The van der Waals surface area contributed by atoms with Gasteiger partial charge in [0.25, 0.3) is 0 Å². The van der Waals surface area contributed by atoms with Gasteiger partial charge in [0.1, 0.15) is 11.9 Å². The Labute approximate surface area is 89.3 Å². The molecule has 1 fully saturated rings. The zero-order valence-electron chi connectivity index (χ0n) is 8.86. The van der Waals surface area contributed by atoms with Crippen LogP contribution in [0.15, 0.2) is 24.3 Å². The van der Waals surface area contributed by atoms with Gasteiger partial charge in [0.05, 0.1) is 0 Å². The second kappa shape index (κ2) is 4.19. The molecule has 1 saturated heterocycles. The van der Waals surface area contributed by atoms with Gasteiger partial charge < -0.3 is 5.11 Å². The maximum Gasteiger partial charge on any atom is 0.120 e. The molecule has 2 rings (SSSR count). The van der Waals surface area contributed by atoms with Gasteiger partial charge in [-0.1, -0.05) is 18.2 Å². The monoisotopic (exact) mass is 209 g/mol. The van der Waals surface area contributed by atoms with Crippen LogP contribution in [-0.4, -0.2) is 29.8 Å². The lowest BCUT2D eigenvalue weighted by Gasteiger charge is -2.34. The minimum atomic E-state index is -0.745. The van der Waals surface area contributed by atoms with Crippen LogP contribution in [0.5, 0.6) is 5.75 Å².